The van der Waals surface area contributed by atoms with Gasteiger partial charge in [0.1, 0.15) is 5.75 Å². The van der Waals surface area contributed by atoms with Crippen LogP contribution in [0.3, 0.4) is 0 Å². The Morgan fingerprint density at radius 3 is 2.45 bits per heavy atom. The predicted molar refractivity (Wildman–Crippen MR) is 103 cm³/mol. The molecular formula is C17H28IN3O. The first-order valence-corrected chi connectivity index (χ1v) is 7.95. The van der Waals surface area contributed by atoms with Gasteiger partial charge in [-0.05, 0) is 57.2 Å². The van der Waals surface area contributed by atoms with Crippen LogP contribution in [0.4, 0.5) is 0 Å². The van der Waals surface area contributed by atoms with Crippen LogP contribution in [0.15, 0.2) is 29.3 Å². The zero-order valence-electron chi connectivity index (χ0n) is 13.5. The Morgan fingerprint density at radius 1 is 1.23 bits per heavy atom. The van der Waals surface area contributed by atoms with Gasteiger partial charge in [0, 0.05) is 6.04 Å². The highest BCUT2D eigenvalue weighted by Crippen LogP contribution is 2.23. The number of nitrogens with two attached hydrogens (primary N) is 1. The second-order valence-electron chi connectivity index (χ2n) is 6.02. The van der Waals surface area contributed by atoms with Crippen LogP contribution >= 0.6 is 24.0 Å². The number of hydrogen-bond acceptors (Lipinski definition) is 2. The normalized spacial score (nSPS) is 16.2. The molecule has 0 aromatic heterocycles. The zero-order valence-corrected chi connectivity index (χ0v) is 15.9. The number of benzene rings is 1. The van der Waals surface area contributed by atoms with Crippen molar-refractivity contribution in [1.29, 1.82) is 0 Å². The highest BCUT2D eigenvalue weighted by molar-refractivity contribution is 14.0. The molecule has 1 aromatic rings. The second-order valence-corrected chi connectivity index (χ2v) is 6.02. The molecule has 0 atom stereocenters. The first-order valence-electron chi connectivity index (χ1n) is 7.95. The number of halogens is 1. The van der Waals surface area contributed by atoms with E-state index >= 15 is 0 Å². The van der Waals surface area contributed by atoms with Gasteiger partial charge in [0.15, 0.2) is 5.96 Å². The molecule has 1 aliphatic rings. The SMILES string of the molecule is CC(C)NC(N)=NCc1ccc(OC2CCCCC2)cc1.I. The lowest BCUT2D eigenvalue weighted by Crippen LogP contribution is -2.36. The van der Waals surface area contributed by atoms with Crippen molar-refractivity contribution in [2.45, 2.75) is 64.6 Å². The van der Waals surface area contributed by atoms with Crippen molar-refractivity contribution in [3.8, 4) is 5.75 Å². The standard InChI is InChI=1S/C17H27N3O.HI/c1-13(2)20-17(18)19-12-14-8-10-16(11-9-14)21-15-6-4-3-5-7-15;/h8-11,13,15H,3-7,12H2,1-2H3,(H3,18,19,20);1H. The Morgan fingerprint density at radius 2 is 1.86 bits per heavy atom. The van der Waals surface area contributed by atoms with Crippen molar-refractivity contribution < 1.29 is 4.74 Å². The fourth-order valence-corrected chi connectivity index (χ4v) is 2.57. The fraction of sp³-hybridized carbons (Fsp3) is 0.588. The van der Waals surface area contributed by atoms with Crippen molar-refractivity contribution in [2.75, 3.05) is 0 Å². The summed E-state index contributed by atoms with van der Waals surface area (Å²) < 4.78 is 6.02. The van der Waals surface area contributed by atoms with Crippen LogP contribution in [0.1, 0.15) is 51.5 Å². The summed E-state index contributed by atoms with van der Waals surface area (Å²) in [4.78, 5) is 4.32. The number of rotatable bonds is 5. The van der Waals surface area contributed by atoms with Gasteiger partial charge in [0.2, 0.25) is 0 Å². The predicted octanol–water partition coefficient (Wildman–Crippen LogP) is 3.83. The average molecular weight is 417 g/mol. The molecule has 0 saturated heterocycles. The monoisotopic (exact) mass is 417 g/mol. The van der Waals surface area contributed by atoms with Gasteiger partial charge >= 0.3 is 0 Å². The average Bonchev–Trinajstić information content (AvgIpc) is 2.47. The van der Waals surface area contributed by atoms with E-state index in [0.29, 0.717) is 24.7 Å². The summed E-state index contributed by atoms with van der Waals surface area (Å²) in [5.41, 5.74) is 6.93. The van der Waals surface area contributed by atoms with E-state index in [2.05, 4.69) is 22.4 Å². The number of hydrogen-bond donors (Lipinski definition) is 2. The summed E-state index contributed by atoms with van der Waals surface area (Å²) in [6.07, 6.45) is 6.70. The maximum Gasteiger partial charge on any atom is 0.189 e. The molecule has 0 unspecified atom stereocenters. The van der Waals surface area contributed by atoms with Crippen LogP contribution in [-0.4, -0.2) is 18.1 Å². The van der Waals surface area contributed by atoms with Crippen molar-refractivity contribution in [3.05, 3.63) is 29.8 Å². The van der Waals surface area contributed by atoms with Gasteiger partial charge in [0.05, 0.1) is 12.6 Å². The Hall–Kier alpha value is -0.980. The lowest BCUT2D eigenvalue weighted by molar-refractivity contribution is 0.155. The molecule has 0 aliphatic heterocycles. The third-order valence-corrected chi connectivity index (χ3v) is 3.65. The van der Waals surface area contributed by atoms with Crippen LogP contribution in [0, 0.1) is 0 Å². The lowest BCUT2D eigenvalue weighted by atomic mass is 9.98. The third-order valence-electron chi connectivity index (χ3n) is 3.65. The highest BCUT2D eigenvalue weighted by Gasteiger charge is 2.14. The molecule has 4 nitrogen and oxygen atoms in total. The lowest BCUT2D eigenvalue weighted by Gasteiger charge is -2.23. The smallest absolute Gasteiger partial charge is 0.189 e. The molecule has 1 fully saturated rings. The molecule has 5 heteroatoms. The van der Waals surface area contributed by atoms with Crippen molar-refractivity contribution in [2.24, 2.45) is 10.7 Å². The highest BCUT2D eigenvalue weighted by atomic mass is 127. The van der Waals surface area contributed by atoms with Gasteiger partial charge in [-0.15, -0.1) is 24.0 Å². The Balaban J connectivity index is 0.00000242. The molecule has 1 saturated carbocycles. The van der Waals surface area contributed by atoms with E-state index < -0.39 is 0 Å². The first-order chi connectivity index (χ1) is 10.1. The number of nitrogens with zero attached hydrogens (tertiary/aromatic N) is 1. The second kappa shape index (κ2) is 9.92. The summed E-state index contributed by atoms with van der Waals surface area (Å²) in [6, 6.07) is 8.49. The number of nitrogens with one attached hydrogen (secondary N) is 1. The van der Waals surface area contributed by atoms with E-state index in [1.54, 1.807) is 0 Å². The Bertz CT molecular complexity index is 453. The molecule has 0 bridgehead atoms. The third kappa shape index (κ3) is 6.85. The van der Waals surface area contributed by atoms with E-state index in [4.69, 9.17) is 10.5 Å². The molecular weight excluding hydrogens is 389 g/mol. The van der Waals surface area contributed by atoms with Gasteiger partial charge in [-0.1, -0.05) is 18.6 Å². The molecule has 0 heterocycles. The van der Waals surface area contributed by atoms with E-state index in [-0.39, 0.29) is 24.0 Å². The molecule has 124 valence electrons. The van der Waals surface area contributed by atoms with Gasteiger partial charge in [-0.25, -0.2) is 4.99 Å². The molecule has 0 spiro atoms. The van der Waals surface area contributed by atoms with Crippen molar-refractivity contribution in [1.82, 2.24) is 5.32 Å². The minimum absolute atomic E-state index is 0. The van der Waals surface area contributed by atoms with Crippen LogP contribution in [-0.2, 0) is 6.54 Å². The number of aliphatic imine (C=N–C) groups is 1. The van der Waals surface area contributed by atoms with Crippen LogP contribution in [0.2, 0.25) is 0 Å². The minimum atomic E-state index is 0. The summed E-state index contributed by atoms with van der Waals surface area (Å²) >= 11 is 0. The van der Waals surface area contributed by atoms with Crippen LogP contribution in [0.25, 0.3) is 0 Å². The molecule has 2 rings (SSSR count). The molecule has 0 radical (unpaired) electrons. The van der Waals surface area contributed by atoms with Gasteiger partial charge < -0.3 is 15.8 Å². The van der Waals surface area contributed by atoms with E-state index in [1.807, 2.05) is 26.0 Å². The van der Waals surface area contributed by atoms with E-state index in [9.17, 15) is 0 Å². The largest absolute Gasteiger partial charge is 0.490 e. The number of ether oxygens (including phenoxy) is 1. The zero-order chi connectivity index (χ0) is 15.1. The van der Waals surface area contributed by atoms with Gasteiger partial charge in [0.25, 0.3) is 0 Å². The topological polar surface area (TPSA) is 59.6 Å². The molecule has 1 aliphatic carbocycles. The molecule has 0 amide bonds. The summed E-state index contributed by atoms with van der Waals surface area (Å²) in [6.45, 7) is 4.68. The summed E-state index contributed by atoms with van der Waals surface area (Å²) in [5.74, 6) is 1.45. The maximum absolute atomic E-state index is 6.02. The van der Waals surface area contributed by atoms with Gasteiger partial charge in [-0.2, -0.15) is 0 Å². The summed E-state index contributed by atoms with van der Waals surface area (Å²) in [7, 11) is 0. The Labute approximate surface area is 150 Å². The minimum Gasteiger partial charge on any atom is -0.490 e. The van der Waals surface area contributed by atoms with Crippen molar-refractivity contribution >= 4 is 29.9 Å². The van der Waals surface area contributed by atoms with Crippen LogP contribution < -0.4 is 15.8 Å². The number of guanidine groups is 1. The Kier molecular flexibility index (Phi) is 8.60. The van der Waals surface area contributed by atoms with Crippen LogP contribution in [0.5, 0.6) is 5.75 Å². The van der Waals surface area contributed by atoms with Crippen molar-refractivity contribution in [3.63, 3.8) is 0 Å². The van der Waals surface area contributed by atoms with E-state index in [0.717, 1.165) is 11.3 Å². The molecule has 1 aromatic carbocycles. The molecule has 3 N–H and O–H groups in total. The fourth-order valence-electron chi connectivity index (χ4n) is 2.57. The van der Waals surface area contributed by atoms with E-state index in [1.165, 1.54) is 32.1 Å². The quantitative estimate of drug-likeness (QED) is 0.435. The maximum atomic E-state index is 6.02. The summed E-state index contributed by atoms with van der Waals surface area (Å²) in [5, 5.41) is 3.08. The molecule has 22 heavy (non-hydrogen) atoms. The van der Waals surface area contributed by atoms with Gasteiger partial charge in [-0.3, -0.25) is 0 Å². The first kappa shape index (κ1) is 19.1.